The Morgan fingerprint density at radius 2 is 1.90 bits per heavy atom. The van der Waals surface area contributed by atoms with E-state index in [1.165, 1.54) is 7.11 Å². The van der Waals surface area contributed by atoms with Gasteiger partial charge in [-0.05, 0) is 53.8 Å². The van der Waals surface area contributed by atoms with Gasteiger partial charge >= 0.3 is 0 Å². The number of rotatable bonds is 8. The minimum Gasteiger partial charge on any atom is -0.337 e. The number of nitrogens with one attached hydrogen (secondary N) is 1. The number of pyridine rings is 1. The molecule has 158 valence electrons. The molecule has 0 radical (unpaired) electrons. The minimum atomic E-state index is -0.271. The van der Waals surface area contributed by atoms with Crippen molar-refractivity contribution in [3.63, 3.8) is 0 Å². The zero-order valence-electron chi connectivity index (χ0n) is 17.0. The number of hydroxylamine groups is 1. The predicted molar refractivity (Wildman–Crippen MR) is 122 cm³/mol. The van der Waals surface area contributed by atoms with Crippen LogP contribution in [0.3, 0.4) is 0 Å². The summed E-state index contributed by atoms with van der Waals surface area (Å²) in [7, 11) is 1.43. The summed E-state index contributed by atoms with van der Waals surface area (Å²) in [5, 5.41) is 2.11. The van der Waals surface area contributed by atoms with E-state index in [0.717, 1.165) is 27.5 Å². The third kappa shape index (κ3) is 5.38. The number of benzene rings is 1. The Bertz CT molecular complexity index is 1000. The zero-order chi connectivity index (χ0) is 21.7. The van der Waals surface area contributed by atoms with Crippen molar-refractivity contribution < 1.29 is 9.63 Å². The summed E-state index contributed by atoms with van der Waals surface area (Å²) in [6.07, 6.45) is 6.29. The van der Waals surface area contributed by atoms with Gasteiger partial charge in [-0.15, -0.1) is 0 Å². The summed E-state index contributed by atoms with van der Waals surface area (Å²) in [4.78, 5) is 22.6. The van der Waals surface area contributed by atoms with Crippen molar-refractivity contribution >= 4 is 40.9 Å². The van der Waals surface area contributed by atoms with E-state index in [2.05, 4.69) is 28.9 Å². The first-order valence-electron chi connectivity index (χ1n) is 9.52. The van der Waals surface area contributed by atoms with Gasteiger partial charge in [0.05, 0.1) is 17.7 Å². The lowest BCUT2D eigenvalue weighted by Gasteiger charge is -2.16. The summed E-state index contributed by atoms with van der Waals surface area (Å²) in [6, 6.07) is 9.37. The normalized spacial score (nSPS) is 12.0. The highest BCUT2D eigenvalue weighted by molar-refractivity contribution is 7.99. The Kier molecular flexibility index (Phi) is 7.83. The van der Waals surface area contributed by atoms with Crippen LogP contribution in [-0.4, -0.2) is 22.6 Å². The standard InChI is InChI=1S/C22H23Cl2N3O2S/c1-4-14(2)20-19(21(28)26-29-3)13-27(12-15-5-7-25-8-6-15)22(20)30-18-10-16(23)9-17(24)11-18/h5-11,13-14H,4,12H2,1-3H3,(H,26,28). The van der Waals surface area contributed by atoms with Crippen LogP contribution in [0.15, 0.2) is 58.8 Å². The van der Waals surface area contributed by atoms with Crippen LogP contribution >= 0.6 is 35.0 Å². The van der Waals surface area contributed by atoms with Crippen LogP contribution in [0.4, 0.5) is 0 Å². The van der Waals surface area contributed by atoms with Gasteiger partial charge in [0.25, 0.3) is 5.91 Å². The molecule has 8 heteroatoms. The summed E-state index contributed by atoms with van der Waals surface area (Å²) < 4.78 is 2.08. The number of carbonyl (C=O) groups excluding carboxylic acids is 1. The van der Waals surface area contributed by atoms with E-state index >= 15 is 0 Å². The lowest BCUT2D eigenvalue weighted by atomic mass is 9.97. The van der Waals surface area contributed by atoms with Crippen molar-refractivity contribution in [1.82, 2.24) is 15.0 Å². The molecule has 0 aliphatic heterocycles. The van der Waals surface area contributed by atoms with Crippen LogP contribution in [0.2, 0.25) is 10.0 Å². The highest BCUT2D eigenvalue weighted by Gasteiger charge is 2.25. The molecule has 3 rings (SSSR count). The summed E-state index contributed by atoms with van der Waals surface area (Å²) in [5.41, 5.74) is 5.11. The maximum atomic E-state index is 12.8. The molecular weight excluding hydrogens is 441 g/mol. The van der Waals surface area contributed by atoms with Crippen molar-refractivity contribution in [2.45, 2.75) is 42.7 Å². The molecule has 0 fully saturated rings. The van der Waals surface area contributed by atoms with E-state index in [1.807, 2.05) is 30.5 Å². The van der Waals surface area contributed by atoms with Crippen molar-refractivity contribution in [2.75, 3.05) is 7.11 Å². The molecule has 0 bridgehead atoms. The van der Waals surface area contributed by atoms with Crippen LogP contribution in [0.5, 0.6) is 0 Å². The van der Waals surface area contributed by atoms with Crippen LogP contribution in [0.25, 0.3) is 0 Å². The SMILES string of the molecule is CCC(C)c1c(C(=O)NOC)cn(Cc2ccncc2)c1Sc1cc(Cl)cc(Cl)c1. The lowest BCUT2D eigenvalue weighted by molar-refractivity contribution is 0.0536. The molecular formula is C22H23Cl2N3O2S. The van der Waals surface area contributed by atoms with Crippen LogP contribution in [0.1, 0.15) is 47.7 Å². The topological polar surface area (TPSA) is 56.1 Å². The summed E-state index contributed by atoms with van der Waals surface area (Å²) >= 11 is 14.0. The molecule has 1 aromatic carbocycles. The van der Waals surface area contributed by atoms with E-state index in [-0.39, 0.29) is 11.8 Å². The van der Waals surface area contributed by atoms with Crippen molar-refractivity contribution in [1.29, 1.82) is 0 Å². The van der Waals surface area contributed by atoms with Gasteiger partial charge in [0.1, 0.15) is 0 Å². The molecule has 1 N–H and O–H groups in total. The Morgan fingerprint density at radius 1 is 1.23 bits per heavy atom. The molecule has 0 aliphatic carbocycles. The van der Waals surface area contributed by atoms with E-state index in [4.69, 9.17) is 28.0 Å². The summed E-state index contributed by atoms with van der Waals surface area (Å²) in [5.74, 6) is -0.106. The number of hydrogen-bond donors (Lipinski definition) is 1. The highest BCUT2D eigenvalue weighted by Crippen LogP contribution is 2.40. The molecule has 5 nitrogen and oxygen atoms in total. The smallest absolute Gasteiger partial charge is 0.276 e. The first-order chi connectivity index (χ1) is 14.4. The molecule has 0 saturated carbocycles. The zero-order valence-corrected chi connectivity index (χ0v) is 19.3. The molecule has 1 amide bonds. The molecule has 2 aromatic heterocycles. The molecule has 0 spiro atoms. The predicted octanol–water partition coefficient (Wildman–Crippen LogP) is 6.19. The number of carbonyl (C=O) groups is 1. The van der Waals surface area contributed by atoms with Gasteiger partial charge in [-0.3, -0.25) is 14.6 Å². The minimum absolute atomic E-state index is 0.165. The lowest BCUT2D eigenvalue weighted by Crippen LogP contribution is -2.22. The first kappa shape index (κ1) is 22.7. The Morgan fingerprint density at radius 3 is 2.50 bits per heavy atom. The Hall–Kier alpha value is -1.99. The number of nitrogens with zero attached hydrogens (tertiary/aromatic N) is 2. The third-order valence-corrected chi connectivity index (χ3v) is 6.32. The molecule has 1 atom stereocenters. The van der Waals surface area contributed by atoms with E-state index in [1.54, 1.807) is 30.2 Å². The molecule has 30 heavy (non-hydrogen) atoms. The van der Waals surface area contributed by atoms with Crippen molar-refractivity contribution in [3.05, 3.63) is 75.7 Å². The maximum Gasteiger partial charge on any atom is 0.276 e. The number of hydrogen-bond acceptors (Lipinski definition) is 4. The maximum absolute atomic E-state index is 12.8. The molecule has 2 heterocycles. The summed E-state index contributed by atoms with van der Waals surface area (Å²) in [6.45, 7) is 4.82. The van der Waals surface area contributed by atoms with Gasteiger partial charge in [-0.1, -0.05) is 48.8 Å². The third-order valence-electron chi connectivity index (χ3n) is 4.76. The van der Waals surface area contributed by atoms with Crippen LogP contribution in [-0.2, 0) is 11.4 Å². The van der Waals surface area contributed by atoms with Gasteiger partial charge in [0.2, 0.25) is 0 Å². The molecule has 1 unspecified atom stereocenters. The van der Waals surface area contributed by atoms with Gasteiger partial charge in [0.15, 0.2) is 0 Å². The second-order valence-electron chi connectivity index (χ2n) is 6.90. The number of halogens is 2. The monoisotopic (exact) mass is 463 g/mol. The fourth-order valence-corrected chi connectivity index (χ4v) is 5.08. The largest absolute Gasteiger partial charge is 0.337 e. The highest BCUT2D eigenvalue weighted by atomic mass is 35.5. The Balaban J connectivity index is 2.14. The van der Waals surface area contributed by atoms with Crippen molar-refractivity contribution in [3.8, 4) is 0 Å². The van der Waals surface area contributed by atoms with Crippen LogP contribution in [0, 0.1) is 0 Å². The van der Waals surface area contributed by atoms with Crippen LogP contribution < -0.4 is 5.48 Å². The second-order valence-corrected chi connectivity index (χ2v) is 8.83. The van der Waals surface area contributed by atoms with Gasteiger partial charge in [-0.2, -0.15) is 0 Å². The Labute approximate surface area is 190 Å². The van der Waals surface area contributed by atoms with Gasteiger partial charge in [0, 0.05) is 40.1 Å². The quantitative estimate of drug-likeness (QED) is 0.404. The van der Waals surface area contributed by atoms with E-state index in [9.17, 15) is 4.79 Å². The second kappa shape index (κ2) is 10.4. The number of amides is 1. The van der Waals surface area contributed by atoms with E-state index < -0.39 is 0 Å². The van der Waals surface area contributed by atoms with Crippen molar-refractivity contribution in [2.24, 2.45) is 0 Å². The molecule has 0 aliphatic rings. The molecule has 0 saturated heterocycles. The molecule has 3 aromatic rings. The number of aromatic nitrogens is 2. The average Bonchev–Trinajstić information content (AvgIpc) is 3.05. The fourth-order valence-electron chi connectivity index (χ4n) is 3.18. The average molecular weight is 464 g/mol. The first-order valence-corrected chi connectivity index (χ1v) is 11.1. The fraction of sp³-hybridized carbons (Fsp3) is 0.273. The van der Waals surface area contributed by atoms with Gasteiger partial charge in [-0.25, -0.2) is 5.48 Å². The van der Waals surface area contributed by atoms with E-state index in [0.29, 0.717) is 22.2 Å². The van der Waals surface area contributed by atoms with Gasteiger partial charge < -0.3 is 4.57 Å².